The van der Waals surface area contributed by atoms with Crippen molar-refractivity contribution in [2.24, 2.45) is 0 Å². The van der Waals surface area contributed by atoms with Crippen molar-refractivity contribution in [1.82, 2.24) is 0 Å². The lowest BCUT2D eigenvalue weighted by Gasteiger charge is -2.31. The highest BCUT2D eigenvalue weighted by molar-refractivity contribution is 5.70. The van der Waals surface area contributed by atoms with Gasteiger partial charge in [-0.2, -0.15) is 0 Å². The third kappa shape index (κ3) is 4.63. The van der Waals surface area contributed by atoms with Gasteiger partial charge in [-0.3, -0.25) is 0 Å². The fourth-order valence-electron chi connectivity index (χ4n) is 2.61. The van der Waals surface area contributed by atoms with Gasteiger partial charge in [0.15, 0.2) is 6.61 Å². The predicted octanol–water partition coefficient (Wildman–Crippen LogP) is 2.61. The molecule has 116 valence electrons. The zero-order valence-corrected chi connectivity index (χ0v) is 12.6. The average Bonchev–Trinajstić information content (AvgIpc) is 2.54. The lowest BCUT2D eigenvalue weighted by atomic mass is 9.92. The molecule has 5 nitrogen and oxygen atoms in total. The smallest absolute Gasteiger partial charge is 0.343 e. The van der Waals surface area contributed by atoms with Gasteiger partial charge in [-0.15, -0.1) is 0 Å². The van der Waals surface area contributed by atoms with E-state index in [1.807, 2.05) is 24.3 Å². The Morgan fingerprint density at radius 3 is 2.57 bits per heavy atom. The molecule has 0 amide bonds. The van der Waals surface area contributed by atoms with Gasteiger partial charge in [-0.25, -0.2) is 4.79 Å². The molecule has 2 unspecified atom stereocenters. The number of benzene rings is 1. The van der Waals surface area contributed by atoms with E-state index in [1.165, 1.54) is 20.0 Å². The maximum atomic E-state index is 11.0. The molecule has 1 N–H and O–H groups in total. The van der Waals surface area contributed by atoms with E-state index in [0.717, 1.165) is 18.5 Å². The lowest BCUT2D eigenvalue weighted by Crippen LogP contribution is -2.37. The first kappa shape index (κ1) is 15.6. The summed E-state index contributed by atoms with van der Waals surface area (Å²) < 4.78 is 15.4. The van der Waals surface area contributed by atoms with Gasteiger partial charge < -0.3 is 19.5 Å². The third-order valence-corrected chi connectivity index (χ3v) is 3.80. The van der Waals surface area contributed by atoms with E-state index in [4.69, 9.17) is 9.47 Å². The summed E-state index contributed by atoms with van der Waals surface area (Å²) in [6, 6.07) is 7.94. The number of nitrogens with one attached hydrogen (secondary N) is 1. The monoisotopic (exact) mass is 293 g/mol. The van der Waals surface area contributed by atoms with Crippen LogP contribution in [-0.4, -0.2) is 38.9 Å². The normalized spacial score (nSPS) is 21.6. The Hall–Kier alpha value is -1.75. The van der Waals surface area contributed by atoms with Gasteiger partial charge in [0.1, 0.15) is 5.75 Å². The van der Waals surface area contributed by atoms with Gasteiger partial charge in [0, 0.05) is 12.8 Å². The molecule has 1 saturated carbocycles. The summed E-state index contributed by atoms with van der Waals surface area (Å²) in [4.78, 5) is 11.0. The van der Waals surface area contributed by atoms with Crippen molar-refractivity contribution in [2.75, 3.05) is 26.1 Å². The number of methoxy groups -OCH3 is 2. The van der Waals surface area contributed by atoms with Crippen LogP contribution < -0.4 is 10.1 Å². The summed E-state index contributed by atoms with van der Waals surface area (Å²) in [6.07, 6.45) is 4.97. The molecule has 1 aromatic rings. The fourth-order valence-corrected chi connectivity index (χ4v) is 2.61. The van der Waals surface area contributed by atoms with Crippen molar-refractivity contribution in [3.63, 3.8) is 0 Å². The molecule has 0 spiro atoms. The van der Waals surface area contributed by atoms with Gasteiger partial charge in [0.25, 0.3) is 0 Å². The standard InChI is InChI=1S/C16H23NO4/c1-19-15-6-4-3-5-14(15)17-12-7-9-13(10-8-12)21-11-16(18)20-2/h7-10,14-15,17H,3-6,11H2,1-2H3. The van der Waals surface area contributed by atoms with E-state index < -0.39 is 0 Å². The number of rotatable bonds is 6. The van der Waals surface area contributed by atoms with Gasteiger partial charge in [0.05, 0.1) is 19.3 Å². The van der Waals surface area contributed by atoms with Crippen molar-refractivity contribution in [1.29, 1.82) is 0 Å². The summed E-state index contributed by atoms with van der Waals surface area (Å²) in [5, 5.41) is 3.51. The van der Waals surface area contributed by atoms with E-state index in [9.17, 15) is 4.79 Å². The quantitative estimate of drug-likeness (QED) is 0.817. The highest BCUT2D eigenvalue weighted by Gasteiger charge is 2.24. The minimum Gasteiger partial charge on any atom is -0.482 e. The Kier molecular flexibility index (Phi) is 5.87. The second-order valence-corrected chi connectivity index (χ2v) is 5.20. The molecule has 5 heteroatoms. The number of hydrogen-bond acceptors (Lipinski definition) is 5. The van der Waals surface area contributed by atoms with Crippen molar-refractivity contribution >= 4 is 11.7 Å². The molecule has 1 aromatic carbocycles. The van der Waals surface area contributed by atoms with Crippen molar-refractivity contribution in [2.45, 2.75) is 37.8 Å². The Balaban J connectivity index is 1.88. The van der Waals surface area contributed by atoms with E-state index in [-0.39, 0.29) is 18.7 Å². The van der Waals surface area contributed by atoms with Crippen LogP contribution >= 0.6 is 0 Å². The second kappa shape index (κ2) is 7.88. The largest absolute Gasteiger partial charge is 0.482 e. The predicted molar refractivity (Wildman–Crippen MR) is 80.6 cm³/mol. The average molecular weight is 293 g/mol. The maximum Gasteiger partial charge on any atom is 0.343 e. The van der Waals surface area contributed by atoms with E-state index >= 15 is 0 Å². The summed E-state index contributed by atoms with van der Waals surface area (Å²) in [5.41, 5.74) is 1.04. The number of esters is 1. The molecule has 1 fully saturated rings. The molecule has 1 aliphatic rings. The van der Waals surface area contributed by atoms with Crippen molar-refractivity contribution in [3.05, 3.63) is 24.3 Å². The summed E-state index contributed by atoms with van der Waals surface area (Å²) in [6.45, 7) is -0.0718. The van der Waals surface area contributed by atoms with Crippen LogP contribution in [0.1, 0.15) is 25.7 Å². The molecule has 2 rings (SSSR count). The van der Waals surface area contributed by atoms with Crippen LogP contribution in [0.2, 0.25) is 0 Å². The summed E-state index contributed by atoms with van der Waals surface area (Å²) >= 11 is 0. The molecule has 0 bridgehead atoms. The topological polar surface area (TPSA) is 56.8 Å². The van der Waals surface area contributed by atoms with E-state index in [1.54, 1.807) is 7.11 Å². The van der Waals surface area contributed by atoms with Crippen molar-refractivity contribution < 1.29 is 19.0 Å². The van der Waals surface area contributed by atoms with E-state index in [0.29, 0.717) is 11.8 Å². The molecular weight excluding hydrogens is 270 g/mol. The maximum absolute atomic E-state index is 11.0. The molecule has 2 atom stereocenters. The van der Waals surface area contributed by atoms with Crippen LogP contribution in [0.3, 0.4) is 0 Å². The molecule has 0 radical (unpaired) electrons. The number of carbonyl (C=O) groups excluding carboxylic acids is 1. The molecule has 21 heavy (non-hydrogen) atoms. The first-order valence-corrected chi connectivity index (χ1v) is 7.32. The number of carbonyl (C=O) groups is 1. The van der Waals surface area contributed by atoms with Gasteiger partial charge in [-0.05, 0) is 37.1 Å². The summed E-state index contributed by atoms with van der Waals surface area (Å²) in [7, 11) is 3.11. The van der Waals surface area contributed by atoms with Crippen LogP contribution in [0.5, 0.6) is 5.75 Å². The number of anilines is 1. The third-order valence-electron chi connectivity index (χ3n) is 3.80. The number of hydrogen-bond donors (Lipinski definition) is 1. The highest BCUT2D eigenvalue weighted by atomic mass is 16.6. The van der Waals surface area contributed by atoms with Crippen LogP contribution in [0.15, 0.2) is 24.3 Å². The minimum absolute atomic E-state index is 0.0718. The van der Waals surface area contributed by atoms with Gasteiger partial charge >= 0.3 is 5.97 Å². The molecule has 0 aromatic heterocycles. The lowest BCUT2D eigenvalue weighted by molar-refractivity contribution is -0.142. The fraction of sp³-hybridized carbons (Fsp3) is 0.562. The zero-order valence-electron chi connectivity index (χ0n) is 12.6. The Morgan fingerprint density at radius 2 is 1.90 bits per heavy atom. The Bertz CT molecular complexity index is 446. The zero-order chi connectivity index (χ0) is 15.1. The molecule has 0 heterocycles. The molecule has 1 aliphatic carbocycles. The molecule has 0 aliphatic heterocycles. The minimum atomic E-state index is -0.387. The number of ether oxygens (including phenoxy) is 3. The Morgan fingerprint density at radius 1 is 1.19 bits per heavy atom. The second-order valence-electron chi connectivity index (χ2n) is 5.20. The SMILES string of the molecule is COC(=O)COc1ccc(NC2CCCCC2OC)cc1. The van der Waals surface area contributed by atoms with Gasteiger partial charge in [0.2, 0.25) is 0 Å². The van der Waals surface area contributed by atoms with Gasteiger partial charge in [-0.1, -0.05) is 12.8 Å². The molecular formula is C16H23NO4. The first-order valence-electron chi connectivity index (χ1n) is 7.32. The van der Waals surface area contributed by atoms with Crippen molar-refractivity contribution in [3.8, 4) is 5.75 Å². The van der Waals surface area contributed by atoms with E-state index in [2.05, 4.69) is 10.1 Å². The first-order chi connectivity index (χ1) is 10.2. The highest BCUT2D eigenvalue weighted by Crippen LogP contribution is 2.25. The summed E-state index contributed by atoms with van der Waals surface area (Å²) in [5.74, 6) is 0.264. The molecule has 0 saturated heterocycles. The van der Waals surface area contributed by atoms with Crippen LogP contribution in [0, 0.1) is 0 Å². The van der Waals surface area contributed by atoms with Crippen LogP contribution in [-0.2, 0) is 14.3 Å². The van der Waals surface area contributed by atoms with Crippen LogP contribution in [0.4, 0.5) is 5.69 Å². The van der Waals surface area contributed by atoms with Crippen LogP contribution in [0.25, 0.3) is 0 Å². The Labute approximate surface area is 125 Å².